The van der Waals surface area contributed by atoms with Gasteiger partial charge in [-0.05, 0) is 18.4 Å². The molecule has 0 bridgehead atoms. The van der Waals surface area contributed by atoms with E-state index in [9.17, 15) is 14.4 Å². The van der Waals surface area contributed by atoms with E-state index < -0.39 is 0 Å². The standard InChI is InChI=1S/C20H28N4O3/c1-16(25)21-14-19(26)23-12-10-22(11-13-23)18-8-5-9-24(20(18)27)15-17-6-3-2-4-7-17/h2-4,6-7,18H,5,8-15H2,1H3,(H,21,25). The second kappa shape index (κ2) is 8.99. The molecule has 1 unspecified atom stereocenters. The number of piperazine rings is 1. The Morgan fingerprint density at radius 2 is 1.78 bits per heavy atom. The van der Waals surface area contributed by atoms with Gasteiger partial charge in [-0.3, -0.25) is 19.3 Å². The first-order valence-corrected chi connectivity index (χ1v) is 9.63. The molecule has 3 amide bonds. The molecule has 0 aromatic heterocycles. The van der Waals surface area contributed by atoms with Crippen molar-refractivity contribution in [3.05, 3.63) is 35.9 Å². The molecule has 1 atom stereocenters. The smallest absolute Gasteiger partial charge is 0.242 e. The minimum absolute atomic E-state index is 0.0442. The van der Waals surface area contributed by atoms with Crippen LogP contribution in [0.4, 0.5) is 0 Å². The Labute approximate surface area is 160 Å². The summed E-state index contributed by atoms with van der Waals surface area (Å²) in [5.41, 5.74) is 1.15. The van der Waals surface area contributed by atoms with E-state index in [4.69, 9.17) is 0 Å². The molecule has 2 fully saturated rings. The molecule has 7 nitrogen and oxygen atoms in total. The summed E-state index contributed by atoms with van der Waals surface area (Å²) in [6, 6.07) is 10.00. The van der Waals surface area contributed by atoms with Gasteiger partial charge in [0.15, 0.2) is 0 Å². The molecule has 0 aliphatic carbocycles. The van der Waals surface area contributed by atoms with E-state index in [0.717, 1.165) is 24.9 Å². The van der Waals surface area contributed by atoms with E-state index in [1.54, 1.807) is 4.90 Å². The van der Waals surface area contributed by atoms with E-state index in [0.29, 0.717) is 32.7 Å². The Morgan fingerprint density at radius 1 is 1.07 bits per heavy atom. The molecule has 0 spiro atoms. The van der Waals surface area contributed by atoms with Crippen molar-refractivity contribution in [2.75, 3.05) is 39.3 Å². The first-order chi connectivity index (χ1) is 13.0. The van der Waals surface area contributed by atoms with Crippen molar-refractivity contribution in [2.45, 2.75) is 32.4 Å². The van der Waals surface area contributed by atoms with Crippen LogP contribution in [0.3, 0.4) is 0 Å². The molecule has 1 aromatic carbocycles. The summed E-state index contributed by atoms with van der Waals surface area (Å²) in [4.78, 5) is 42.0. The van der Waals surface area contributed by atoms with Crippen molar-refractivity contribution in [3.63, 3.8) is 0 Å². The maximum Gasteiger partial charge on any atom is 0.242 e. The van der Waals surface area contributed by atoms with Gasteiger partial charge in [0.1, 0.15) is 0 Å². The van der Waals surface area contributed by atoms with Gasteiger partial charge in [0, 0.05) is 46.2 Å². The number of amides is 3. The van der Waals surface area contributed by atoms with E-state index >= 15 is 0 Å². The van der Waals surface area contributed by atoms with Crippen LogP contribution in [-0.4, -0.2) is 77.7 Å². The lowest BCUT2D eigenvalue weighted by Gasteiger charge is -2.42. The molecule has 3 rings (SSSR count). The van der Waals surface area contributed by atoms with Gasteiger partial charge in [0.2, 0.25) is 17.7 Å². The average molecular weight is 372 g/mol. The Hall–Kier alpha value is -2.41. The summed E-state index contributed by atoms with van der Waals surface area (Å²) < 4.78 is 0. The van der Waals surface area contributed by atoms with Crippen molar-refractivity contribution in [1.82, 2.24) is 20.0 Å². The minimum Gasteiger partial charge on any atom is -0.347 e. The van der Waals surface area contributed by atoms with Crippen LogP contribution >= 0.6 is 0 Å². The molecule has 1 aromatic rings. The van der Waals surface area contributed by atoms with Crippen molar-refractivity contribution in [2.24, 2.45) is 0 Å². The van der Waals surface area contributed by atoms with E-state index in [2.05, 4.69) is 22.3 Å². The monoisotopic (exact) mass is 372 g/mol. The lowest BCUT2D eigenvalue weighted by molar-refractivity contribution is -0.143. The minimum atomic E-state index is -0.201. The molecule has 2 aliphatic heterocycles. The predicted octanol–water partition coefficient (Wildman–Crippen LogP) is 0.458. The van der Waals surface area contributed by atoms with Crippen molar-refractivity contribution in [3.8, 4) is 0 Å². The molecular formula is C20H28N4O3. The predicted molar refractivity (Wildman–Crippen MR) is 102 cm³/mol. The number of rotatable bonds is 5. The fourth-order valence-corrected chi connectivity index (χ4v) is 3.81. The van der Waals surface area contributed by atoms with Gasteiger partial charge in [-0.1, -0.05) is 30.3 Å². The molecule has 2 heterocycles. The molecule has 0 radical (unpaired) electrons. The van der Waals surface area contributed by atoms with Crippen LogP contribution in [0.5, 0.6) is 0 Å². The lowest BCUT2D eigenvalue weighted by Crippen LogP contribution is -2.58. The van der Waals surface area contributed by atoms with Crippen molar-refractivity contribution < 1.29 is 14.4 Å². The van der Waals surface area contributed by atoms with Crippen LogP contribution in [0, 0.1) is 0 Å². The largest absolute Gasteiger partial charge is 0.347 e. The van der Waals surface area contributed by atoms with Gasteiger partial charge >= 0.3 is 0 Å². The Morgan fingerprint density at radius 3 is 2.44 bits per heavy atom. The Kier molecular flexibility index (Phi) is 6.45. The van der Waals surface area contributed by atoms with Crippen molar-refractivity contribution in [1.29, 1.82) is 0 Å². The summed E-state index contributed by atoms with van der Waals surface area (Å²) in [6.45, 7) is 5.50. The highest BCUT2D eigenvalue weighted by molar-refractivity contribution is 5.84. The zero-order chi connectivity index (χ0) is 19.2. The van der Waals surface area contributed by atoms with Crippen LogP contribution < -0.4 is 5.32 Å². The molecule has 2 saturated heterocycles. The van der Waals surface area contributed by atoms with Crippen LogP contribution in [0.25, 0.3) is 0 Å². The second-order valence-electron chi connectivity index (χ2n) is 7.23. The second-order valence-corrected chi connectivity index (χ2v) is 7.23. The number of benzene rings is 1. The molecular weight excluding hydrogens is 344 g/mol. The Bertz CT molecular complexity index is 671. The van der Waals surface area contributed by atoms with Gasteiger partial charge in [-0.2, -0.15) is 0 Å². The van der Waals surface area contributed by atoms with Gasteiger partial charge in [-0.15, -0.1) is 0 Å². The maximum atomic E-state index is 13.0. The fraction of sp³-hybridized carbons (Fsp3) is 0.550. The molecule has 0 saturated carbocycles. The van der Waals surface area contributed by atoms with E-state index in [1.165, 1.54) is 6.92 Å². The van der Waals surface area contributed by atoms with Crippen LogP contribution in [-0.2, 0) is 20.9 Å². The number of hydrogen-bond acceptors (Lipinski definition) is 4. The number of carbonyl (C=O) groups is 3. The molecule has 7 heteroatoms. The Balaban J connectivity index is 1.52. The molecule has 27 heavy (non-hydrogen) atoms. The number of likely N-dealkylation sites (tertiary alicyclic amines) is 1. The van der Waals surface area contributed by atoms with Crippen LogP contribution in [0.15, 0.2) is 30.3 Å². The zero-order valence-electron chi connectivity index (χ0n) is 15.9. The van der Waals surface area contributed by atoms with Gasteiger partial charge < -0.3 is 15.1 Å². The highest BCUT2D eigenvalue weighted by Gasteiger charge is 2.35. The normalized spacial score (nSPS) is 21.2. The SMILES string of the molecule is CC(=O)NCC(=O)N1CCN(C2CCCN(Cc3ccccc3)C2=O)CC1. The number of nitrogens with one attached hydrogen (secondary N) is 1. The first kappa shape index (κ1) is 19.4. The number of piperidine rings is 1. The van der Waals surface area contributed by atoms with Gasteiger partial charge in [-0.25, -0.2) is 0 Å². The third-order valence-corrected chi connectivity index (χ3v) is 5.31. The lowest BCUT2D eigenvalue weighted by atomic mass is 10.0. The first-order valence-electron chi connectivity index (χ1n) is 9.63. The maximum absolute atomic E-state index is 13.0. The summed E-state index contributed by atoms with van der Waals surface area (Å²) in [5, 5.41) is 2.55. The highest BCUT2D eigenvalue weighted by Crippen LogP contribution is 2.21. The number of carbonyl (C=O) groups excluding carboxylic acids is 3. The molecule has 146 valence electrons. The van der Waals surface area contributed by atoms with E-state index in [1.807, 2.05) is 23.1 Å². The summed E-state index contributed by atoms with van der Waals surface area (Å²) in [6.07, 6.45) is 1.88. The third kappa shape index (κ3) is 5.07. The molecule has 1 N–H and O–H groups in total. The quantitative estimate of drug-likeness (QED) is 0.815. The number of hydrogen-bond donors (Lipinski definition) is 1. The van der Waals surface area contributed by atoms with E-state index in [-0.39, 0.29) is 30.3 Å². The van der Waals surface area contributed by atoms with Gasteiger partial charge in [0.25, 0.3) is 0 Å². The number of nitrogens with zero attached hydrogens (tertiary/aromatic N) is 3. The zero-order valence-corrected chi connectivity index (χ0v) is 15.9. The summed E-state index contributed by atoms with van der Waals surface area (Å²) >= 11 is 0. The topological polar surface area (TPSA) is 73.0 Å². The van der Waals surface area contributed by atoms with Crippen LogP contribution in [0.2, 0.25) is 0 Å². The fourth-order valence-electron chi connectivity index (χ4n) is 3.81. The van der Waals surface area contributed by atoms with Crippen LogP contribution in [0.1, 0.15) is 25.3 Å². The van der Waals surface area contributed by atoms with Gasteiger partial charge in [0.05, 0.1) is 12.6 Å². The molecule has 2 aliphatic rings. The summed E-state index contributed by atoms with van der Waals surface area (Å²) in [5.74, 6) is -0.0676. The van der Waals surface area contributed by atoms with Crippen molar-refractivity contribution >= 4 is 17.7 Å². The summed E-state index contributed by atoms with van der Waals surface area (Å²) in [7, 11) is 0. The average Bonchev–Trinajstić information content (AvgIpc) is 2.69. The highest BCUT2D eigenvalue weighted by atomic mass is 16.2. The third-order valence-electron chi connectivity index (χ3n) is 5.31.